The molecule has 0 aliphatic rings. The predicted molar refractivity (Wildman–Crippen MR) is 58.0 cm³/mol. The molecule has 2 aromatic rings. The molecule has 2 rings (SSSR count). The van der Waals surface area contributed by atoms with Crippen molar-refractivity contribution in [3.63, 3.8) is 0 Å². The molecule has 0 spiro atoms. The summed E-state index contributed by atoms with van der Waals surface area (Å²) in [5.74, 6) is -0.400. The lowest BCUT2D eigenvalue weighted by Gasteiger charge is -1.96. The fourth-order valence-electron chi connectivity index (χ4n) is 1.01. The quantitative estimate of drug-likeness (QED) is 0.695. The highest BCUT2D eigenvalue weighted by molar-refractivity contribution is 7.15. The molecule has 2 heterocycles. The molecule has 0 fully saturated rings. The fraction of sp³-hybridized carbons (Fsp3) is 0.286. The zero-order chi connectivity index (χ0) is 11.5. The first kappa shape index (κ1) is 10.5. The molecule has 9 heteroatoms. The van der Waals surface area contributed by atoms with Gasteiger partial charge >= 0.3 is 0 Å². The van der Waals surface area contributed by atoms with Gasteiger partial charge in [-0.05, 0) is 6.42 Å². The van der Waals surface area contributed by atoms with Gasteiger partial charge in [-0.2, -0.15) is 5.21 Å². The number of rotatable bonds is 3. The highest BCUT2D eigenvalue weighted by Crippen LogP contribution is 2.16. The second-order valence-electron chi connectivity index (χ2n) is 2.87. The van der Waals surface area contributed by atoms with Gasteiger partial charge in [0.1, 0.15) is 5.01 Å². The molecular weight excluding hydrogens is 230 g/mol. The lowest BCUT2D eigenvalue weighted by atomic mass is 10.4. The number of H-pyrrole nitrogens is 1. The van der Waals surface area contributed by atoms with Crippen LogP contribution in [0.5, 0.6) is 0 Å². The van der Waals surface area contributed by atoms with Gasteiger partial charge in [0.25, 0.3) is 5.91 Å². The van der Waals surface area contributed by atoms with Crippen LogP contribution in [-0.4, -0.2) is 31.5 Å². The van der Waals surface area contributed by atoms with Gasteiger partial charge in [-0.25, -0.2) is 0 Å². The maximum absolute atomic E-state index is 11.6. The van der Waals surface area contributed by atoms with E-state index in [0.29, 0.717) is 5.13 Å². The molecule has 0 bridgehead atoms. The Labute approximate surface area is 94.3 Å². The number of nitrogens with zero attached hydrogens (tertiary/aromatic N) is 4. The Bertz CT molecular complexity index is 504. The van der Waals surface area contributed by atoms with Gasteiger partial charge < -0.3 is 5.73 Å². The number of amides is 1. The number of carbonyl (C=O) groups is 1. The Kier molecular flexibility index (Phi) is 2.77. The van der Waals surface area contributed by atoms with E-state index < -0.39 is 5.91 Å². The van der Waals surface area contributed by atoms with Crippen LogP contribution in [0.4, 0.5) is 10.9 Å². The van der Waals surface area contributed by atoms with Crippen LogP contribution in [0.3, 0.4) is 0 Å². The Morgan fingerprint density at radius 2 is 2.31 bits per heavy atom. The van der Waals surface area contributed by atoms with Crippen LogP contribution in [0.15, 0.2) is 0 Å². The molecule has 0 radical (unpaired) electrons. The molecule has 84 valence electrons. The molecule has 8 nitrogen and oxygen atoms in total. The predicted octanol–water partition coefficient (Wildman–Crippen LogP) is 0.0531. The van der Waals surface area contributed by atoms with E-state index in [9.17, 15) is 4.79 Å². The van der Waals surface area contributed by atoms with E-state index in [1.54, 1.807) is 0 Å². The number of nitrogen functional groups attached to an aromatic ring is 1. The van der Waals surface area contributed by atoms with Crippen LogP contribution in [0, 0.1) is 0 Å². The minimum absolute atomic E-state index is 0.0493. The van der Waals surface area contributed by atoms with E-state index in [1.165, 1.54) is 11.3 Å². The van der Waals surface area contributed by atoms with Gasteiger partial charge in [-0.15, -0.1) is 20.4 Å². The molecule has 0 aromatic carbocycles. The van der Waals surface area contributed by atoms with Crippen molar-refractivity contribution in [2.45, 2.75) is 13.3 Å². The first-order valence-corrected chi connectivity index (χ1v) is 5.32. The van der Waals surface area contributed by atoms with Gasteiger partial charge in [0.2, 0.25) is 5.13 Å². The molecule has 1 amide bonds. The fourth-order valence-corrected chi connectivity index (χ4v) is 1.68. The Balaban J connectivity index is 2.11. The van der Waals surface area contributed by atoms with E-state index in [1.807, 2.05) is 6.92 Å². The maximum Gasteiger partial charge on any atom is 0.281 e. The van der Waals surface area contributed by atoms with Crippen molar-refractivity contribution in [3.05, 3.63) is 10.7 Å². The number of carbonyl (C=O) groups excluding carboxylic acids is 1. The number of hydrogen-bond acceptors (Lipinski definition) is 7. The van der Waals surface area contributed by atoms with Crippen molar-refractivity contribution in [1.29, 1.82) is 0 Å². The molecule has 2 aromatic heterocycles. The maximum atomic E-state index is 11.6. The summed E-state index contributed by atoms with van der Waals surface area (Å²) in [4.78, 5) is 11.6. The third-order valence-electron chi connectivity index (χ3n) is 1.78. The van der Waals surface area contributed by atoms with Crippen molar-refractivity contribution in [2.75, 3.05) is 11.1 Å². The lowest BCUT2D eigenvalue weighted by molar-refractivity contribution is 0.102. The Hall–Kier alpha value is -2.03. The van der Waals surface area contributed by atoms with Gasteiger partial charge in [0, 0.05) is 0 Å². The second-order valence-corrected chi connectivity index (χ2v) is 3.93. The summed E-state index contributed by atoms with van der Waals surface area (Å²) in [6, 6.07) is 0. The molecular formula is C7H9N7OS. The highest BCUT2D eigenvalue weighted by Gasteiger charge is 2.15. The lowest BCUT2D eigenvalue weighted by Crippen LogP contribution is -2.14. The second kappa shape index (κ2) is 4.23. The van der Waals surface area contributed by atoms with E-state index in [-0.39, 0.29) is 11.5 Å². The van der Waals surface area contributed by atoms with Crippen LogP contribution in [-0.2, 0) is 6.42 Å². The van der Waals surface area contributed by atoms with Crippen molar-refractivity contribution in [3.8, 4) is 0 Å². The summed E-state index contributed by atoms with van der Waals surface area (Å²) in [5.41, 5.74) is 5.48. The summed E-state index contributed by atoms with van der Waals surface area (Å²) in [7, 11) is 0. The number of nitrogens with one attached hydrogen (secondary N) is 2. The van der Waals surface area contributed by atoms with Gasteiger partial charge in [0.15, 0.2) is 11.5 Å². The average Bonchev–Trinajstić information content (AvgIpc) is 2.86. The van der Waals surface area contributed by atoms with Gasteiger partial charge in [-0.3, -0.25) is 10.1 Å². The van der Waals surface area contributed by atoms with Crippen LogP contribution in [0.25, 0.3) is 0 Å². The monoisotopic (exact) mass is 239 g/mol. The number of anilines is 2. The number of hydrogen-bond donors (Lipinski definition) is 3. The van der Waals surface area contributed by atoms with E-state index >= 15 is 0 Å². The highest BCUT2D eigenvalue weighted by atomic mass is 32.1. The largest absolute Gasteiger partial charge is 0.380 e. The zero-order valence-electron chi connectivity index (χ0n) is 8.39. The van der Waals surface area contributed by atoms with Crippen molar-refractivity contribution in [1.82, 2.24) is 25.6 Å². The number of aryl methyl sites for hydroxylation is 1. The summed E-state index contributed by atoms with van der Waals surface area (Å²) >= 11 is 1.31. The number of aromatic nitrogens is 5. The van der Waals surface area contributed by atoms with E-state index in [2.05, 4.69) is 30.9 Å². The van der Waals surface area contributed by atoms with E-state index in [4.69, 9.17) is 5.73 Å². The molecule has 0 saturated carbocycles. The molecule has 0 aliphatic carbocycles. The SMILES string of the molecule is CCc1nnc(NC(=O)c2n[nH]nc2N)s1. The minimum Gasteiger partial charge on any atom is -0.380 e. The number of nitrogens with two attached hydrogens (primary N) is 1. The van der Waals surface area contributed by atoms with E-state index in [0.717, 1.165) is 11.4 Å². The minimum atomic E-state index is -0.454. The van der Waals surface area contributed by atoms with Crippen molar-refractivity contribution >= 4 is 28.2 Å². The topological polar surface area (TPSA) is 122 Å². The summed E-state index contributed by atoms with van der Waals surface area (Å²) in [6.07, 6.45) is 0.777. The first-order valence-electron chi connectivity index (χ1n) is 4.50. The third-order valence-corrected chi connectivity index (χ3v) is 2.76. The van der Waals surface area contributed by atoms with Crippen LogP contribution in [0.2, 0.25) is 0 Å². The zero-order valence-corrected chi connectivity index (χ0v) is 9.21. The van der Waals surface area contributed by atoms with Crippen molar-refractivity contribution < 1.29 is 4.79 Å². The average molecular weight is 239 g/mol. The standard InChI is InChI=1S/C7H9N7OS/c1-2-3-10-13-7(16-3)9-6(15)4-5(8)12-14-11-4/h2H2,1H3,(H,9,13,15)(H3,8,11,12,14). The molecule has 16 heavy (non-hydrogen) atoms. The van der Waals surface area contributed by atoms with Gasteiger partial charge in [0.05, 0.1) is 0 Å². The molecule has 0 atom stereocenters. The summed E-state index contributed by atoms with van der Waals surface area (Å²) in [5, 5.41) is 20.9. The summed E-state index contributed by atoms with van der Waals surface area (Å²) < 4.78 is 0. The molecule has 4 N–H and O–H groups in total. The normalized spacial score (nSPS) is 10.3. The summed E-state index contributed by atoms with van der Waals surface area (Å²) in [6.45, 7) is 1.96. The van der Waals surface area contributed by atoms with Crippen LogP contribution in [0.1, 0.15) is 22.4 Å². The smallest absolute Gasteiger partial charge is 0.281 e. The van der Waals surface area contributed by atoms with Crippen LogP contribution < -0.4 is 11.1 Å². The Morgan fingerprint density at radius 1 is 1.50 bits per heavy atom. The van der Waals surface area contributed by atoms with Crippen LogP contribution >= 0.6 is 11.3 Å². The number of aromatic amines is 1. The van der Waals surface area contributed by atoms with Gasteiger partial charge in [-0.1, -0.05) is 18.3 Å². The third kappa shape index (κ3) is 1.98. The molecule has 0 saturated heterocycles. The van der Waals surface area contributed by atoms with Crippen molar-refractivity contribution in [2.24, 2.45) is 0 Å². The molecule has 0 aliphatic heterocycles. The first-order chi connectivity index (χ1) is 7.70. The Morgan fingerprint density at radius 3 is 2.88 bits per heavy atom. The molecule has 0 unspecified atom stereocenters.